The zero-order valence-corrected chi connectivity index (χ0v) is 10.4. The third-order valence-electron chi connectivity index (χ3n) is 2.65. The van der Waals surface area contributed by atoms with Crippen molar-refractivity contribution in [3.05, 3.63) is 47.5 Å². The summed E-state index contributed by atoms with van der Waals surface area (Å²) in [5.74, 6) is 0.168. The molecule has 0 aromatic heterocycles. The average Bonchev–Trinajstić information content (AvgIpc) is 2.34. The van der Waals surface area contributed by atoms with Gasteiger partial charge in [0.2, 0.25) is 0 Å². The number of aryl methyl sites for hydroxylation is 2. The zero-order valence-electron chi connectivity index (χ0n) is 10.4. The summed E-state index contributed by atoms with van der Waals surface area (Å²) in [6.45, 7) is 3.81. The van der Waals surface area contributed by atoms with Gasteiger partial charge >= 0.3 is 0 Å². The summed E-state index contributed by atoms with van der Waals surface area (Å²) in [7, 11) is 0. The Labute approximate surface area is 106 Å². The molecule has 0 aliphatic heterocycles. The van der Waals surface area contributed by atoms with E-state index in [1.54, 1.807) is 13.0 Å². The highest BCUT2D eigenvalue weighted by atomic mass is 16.3. The summed E-state index contributed by atoms with van der Waals surface area (Å²) < 4.78 is 0. The SMILES string of the molecule is Cc1ccc(N=Nc2cc(C)c(O)cc2N)cc1. The van der Waals surface area contributed by atoms with Crippen molar-refractivity contribution in [1.29, 1.82) is 0 Å². The molecule has 0 spiro atoms. The number of anilines is 1. The molecule has 0 heterocycles. The number of rotatable bonds is 2. The average molecular weight is 241 g/mol. The molecule has 2 aromatic rings. The van der Waals surface area contributed by atoms with E-state index in [1.807, 2.05) is 31.2 Å². The van der Waals surface area contributed by atoms with Crippen molar-refractivity contribution < 1.29 is 5.11 Å². The van der Waals surface area contributed by atoms with E-state index in [4.69, 9.17) is 5.73 Å². The van der Waals surface area contributed by atoms with Crippen molar-refractivity contribution in [2.75, 3.05) is 5.73 Å². The molecule has 4 heteroatoms. The van der Waals surface area contributed by atoms with Crippen molar-refractivity contribution in [3.8, 4) is 5.75 Å². The maximum absolute atomic E-state index is 9.49. The lowest BCUT2D eigenvalue weighted by molar-refractivity contribution is 0.471. The van der Waals surface area contributed by atoms with Gasteiger partial charge in [-0.25, -0.2) is 0 Å². The Morgan fingerprint density at radius 1 is 1.00 bits per heavy atom. The first-order chi connectivity index (χ1) is 8.56. The first-order valence-electron chi connectivity index (χ1n) is 5.64. The molecule has 2 aromatic carbocycles. The van der Waals surface area contributed by atoms with E-state index in [-0.39, 0.29) is 5.75 Å². The molecule has 4 nitrogen and oxygen atoms in total. The number of nitrogens with zero attached hydrogens (tertiary/aromatic N) is 2. The van der Waals surface area contributed by atoms with Crippen LogP contribution in [0.15, 0.2) is 46.6 Å². The van der Waals surface area contributed by atoms with Gasteiger partial charge in [0, 0.05) is 6.07 Å². The second kappa shape index (κ2) is 4.87. The number of hydrogen-bond acceptors (Lipinski definition) is 4. The van der Waals surface area contributed by atoms with Crippen LogP contribution in [0, 0.1) is 13.8 Å². The van der Waals surface area contributed by atoms with Crippen LogP contribution >= 0.6 is 0 Å². The van der Waals surface area contributed by atoms with Crippen LogP contribution in [-0.2, 0) is 0 Å². The third-order valence-corrected chi connectivity index (χ3v) is 2.65. The number of phenolic OH excluding ortho intramolecular Hbond substituents is 1. The molecule has 0 fully saturated rings. The van der Waals surface area contributed by atoms with Crippen LogP contribution in [0.1, 0.15) is 11.1 Å². The maximum Gasteiger partial charge on any atom is 0.120 e. The molecular weight excluding hydrogens is 226 g/mol. The minimum atomic E-state index is 0.168. The predicted molar refractivity (Wildman–Crippen MR) is 72.6 cm³/mol. The summed E-state index contributed by atoms with van der Waals surface area (Å²) in [4.78, 5) is 0. The highest BCUT2D eigenvalue weighted by molar-refractivity contribution is 5.66. The topological polar surface area (TPSA) is 71.0 Å². The smallest absolute Gasteiger partial charge is 0.120 e. The van der Waals surface area contributed by atoms with Gasteiger partial charge in [0.15, 0.2) is 0 Å². The van der Waals surface area contributed by atoms with Crippen LogP contribution in [0.5, 0.6) is 5.75 Å². The van der Waals surface area contributed by atoms with E-state index < -0.39 is 0 Å². The Bertz CT molecular complexity index is 589. The monoisotopic (exact) mass is 241 g/mol. The molecule has 0 bridgehead atoms. The Kier molecular flexibility index (Phi) is 3.28. The van der Waals surface area contributed by atoms with E-state index in [0.29, 0.717) is 11.4 Å². The highest BCUT2D eigenvalue weighted by Crippen LogP contribution is 2.30. The Balaban J connectivity index is 2.28. The quantitative estimate of drug-likeness (QED) is 0.616. The molecular formula is C14H15N3O. The standard InChI is InChI=1S/C14H15N3O/c1-9-3-5-11(6-4-9)16-17-13-7-10(2)14(18)8-12(13)15/h3-8,18H,15H2,1-2H3. The Hall–Kier alpha value is -2.36. The molecule has 0 aliphatic rings. The van der Waals surface area contributed by atoms with Crippen molar-refractivity contribution in [2.24, 2.45) is 10.2 Å². The molecule has 0 saturated carbocycles. The Morgan fingerprint density at radius 3 is 2.33 bits per heavy atom. The van der Waals surface area contributed by atoms with Crippen LogP contribution in [0.2, 0.25) is 0 Å². The maximum atomic E-state index is 9.49. The van der Waals surface area contributed by atoms with Crippen LogP contribution < -0.4 is 5.73 Å². The van der Waals surface area contributed by atoms with E-state index in [0.717, 1.165) is 11.3 Å². The van der Waals surface area contributed by atoms with E-state index >= 15 is 0 Å². The molecule has 0 unspecified atom stereocenters. The third kappa shape index (κ3) is 2.66. The minimum absolute atomic E-state index is 0.168. The fraction of sp³-hybridized carbons (Fsp3) is 0.143. The molecule has 0 aliphatic carbocycles. The predicted octanol–water partition coefficient (Wildman–Crippen LogP) is 4.01. The van der Waals surface area contributed by atoms with Crippen molar-refractivity contribution in [1.82, 2.24) is 0 Å². The van der Waals surface area contributed by atoms with E-state index in [1.165, 1.54) is 11.6 Å². The number of azo groups is 1. The summed E-state index contributed by atoms with van der Waals surface area (Å²) >= 11 is 0. The van der Waals surface area contributed by atoms with Gasteiger partial charge in [-0.1, -0.05) is 17.7 Å². The number of nitrogens with two attached hydrogens (primary N) is 1. The van der Waals surface area contributed by atoms with Gasteiger partial charge in [-0.2, -0.15) is 5.11 Å². The molecule has 0 saturated heterocycles. The van der Waals surface area contributed by atoms with Crippen molar-refractivity contribution in [2.45, 2.75) is 13.8 Å². The van der Waals surface area contributed by atoms with Gasteiger partial charge in [0.05, 0.1) is 11.4 Å². The number of hydrogen-bond donors (Lipinski definition) is 2. The van der Waals surface area contributed by atoms with Crippen LogP contribution in [-0.4, -0.2) is 5.11 Å². The lowest BCUT2D eigenvalue weighted by Crippen LogP contribution is -1.86. The summed E-state index contributed by atoms with van der Waals surface area (Å²) in [6.07, 6.45) is 0. The van der Waals surface area contributed by atoms with Gasteiger partial charge in [0.25, 0.3) is 0 Å². The fourth-order valence-electron chi connectivity index (χ4n) is 1.51. The van der Waals surface area contributed by atoms with Gasteiger partial charge < -0.3 is 10.8 Å². The molecule has 92 valence electrons. The zero-order chi connectivity index (χ0) is 13.1. The Morgan fingerprint density at radius 2 is 1.67 bits per heavy atom. The second-order valence-corrected chi connectivity index (χ2v) is 4.23. The molecule has 0 atom stereocenters. The van der Waals surface area contributed by atoms with Gasteiger partial charge in [-0.05, 0) is 37.6 Å². The summed E-state index contributed by atoms with van der Waals surface area (Å²) in [5, 5.41) is 17.7. The first kappa shape index (κ1) is 12.1. The lowest BCUT2D eigenvalue weighted by Gasteiger charge is -2.03. The van der Waals surface area contributed by atoms with Gasteiger partial charge in [0.1, 0.15) is 11.4 Å². The normalized spacial score (nSPS) is 11.0. The highest BCUT2D eigenvalue weighted by Gasteiger charge is 2.03. The van der Waals surface area contributed by atoms with Gasteiger partial charge in [-0.15, -0.1) is 5.11 Å². The van der Waals surface area contributed by atoms with Crippen molar-refractivity contribution in [3.63, 3.8) is 0 Å². The van der Waals surface area contributed by atoms with E-state index in [2.05, 4.69) is 10.2 Å². The summed E-state index contributed by atoms with van der Waals surface area (Å²) in [5.41, 5.74) is 9.41. The number of benzene rings is 2. The molecule has 2 rings (SSSR count). The lowest BCUT2D eigenvalue weighted by atomic mass is 10.2. The minimum Gasteiger partial charge on any atom is -0.508 e. The number of aromatic hydroxyl groups is 1. The molecule has 0 radical (unpaired) electrons. The first-order valence-corrected chi connectivity index (χ1v) is 5.64. The van der Waals surface area contributed by atoms with Crippen LogP contribution in [0.3, 0.4) is 0 Å². The fourth-order valence-corrected chi connectivity index (χ4v) is 1.51. The van der Waals surface area contributed by atoms with E-state index in [9.17, 15) is 5.11 Å². The largest absolute Gasteiger partial charge is 0.508 e. The molecule has 18 heavy (non-hydrogen) atoms. The van der Waals surface area contributed by atoms with Crippen LogP contribution in [0.4, 0.5) is 17.1 Å². The van der Waals surface area contributed by atoms with Crippen molar-refractivity contribution >= 4 is 17.1 Å². The molecule has 3 N–H and O–H groups in total. The summed E-state index contributed by atoms with van der Waals surface area (Å²) in [6, 6.07) is 10.9. The van der Waals surface area contributed by atoms with Gasteiger partial charge in [-0.3, -0.25) is 0 Å². The number of phenols is 1. The second-order valence-electron chi connectivity index (χ2n) is 4.23. The number of nitrogen functional groups attached to an aromatic ring is 1. The molecule has 0 amide bonds. The van der Waals surface area contributed by atoms with Crippen LogP contribution in [0.25, 0.3) is 0 Å².